The minimum atomic E-state index is -0.296. The second-order valence-electron chi connectivity index (χ2n) is 3.22. The molecule has 0 saturated heterocycles. The topological polar surface area (TPSA) is 50.7 Å². The molecule has 0 spiro atoms. The largest absolute Gasteiger partial charge is 0.442 e. The number of cyclic esters (lactones) is 1. The van der Waals surface area contributed by atoms with E-state index in [2.05, 4.69) is 10.3 Å². The first kappa shape index (κ1) is 11.0. The Labute approximate surface area is 98.1 Å². The molecule has 1 atom stereocenters. The van der Waals surface area contributed by atoms with E-state index in [1.807, 2.05) is 18.2 Å². The van der Waals surface area contributed by atoms with E-state index in [1.165, 1.54) is 11.8 Å². The van der Waals surface area contributed by atoms with Crippen LogP contribution in [-0.4, -0.2) is 25.2 Å². The summed E-state index contributed by atoms with van der Waals surface area (Å²) in [5.41, 5.74) is 1.26. The number of hydrogen-bond acceptors (Lipinski definition) is 4. The predicted octanol–water partition coefficient (Wildman–Crippen LogP) is 1.79. The van der Waals surface area contributed by atoms with Crippen molar-refractivity contribution in [2.24, 2.45) is 4.99 Å². The number of amidine groups is 1. The molecular formula is C11H12N2O2S. The number of carbonyl (C=O) groups is 1. The monoisotopic (exact) mass is 238 g/mol. The van der Waals surface area contributed by atoms with Crippen molar-refractivity contribution >= 4 is 22.9 Å². The van der Waals surface area contributed by atoms with Gasteiger partial charge in [0.15, 0.2) is 10.6 Å². The highest BCUT2D eigenvalue weighted by molar-refractivity contribution is 8.13. The summed E-state index contributed by atoms with van der Waals surface area (Å²) in [5, 5.41) is 3.69. The molecular weight excluding hydrogens is 226 g/mol. The highest BCUT2D eigenvalue weighted by atomic mass is 32.2. The molecule has 84 valence electrons. The average molecular weight is 238 g/mol. The lowest BCUT2D eigenvalue weighted by atomic mass is 10.1. The molecule has 5 heteroatoms. The van der Waals surface area contributed by atoms with Crippen LogP contribution in [0.3, 0.4) is 0 Å². The maximum atomic E-state index is 11.5. The number of rotatable bonds is 1. The zero-order valence-corrected chi connectivity index (χ0v) is 9.88. The molecule has 1 unspecified atom stereocenters. The molecule has 4 nitrogen and oxygen atoms in total. The van der Waals surface area contributed by atoms with Gasteiger partial charge in [-0.15, -0.1) is 0 Å². The number of esters is 1. The van der Waals surface area contributed by atoms with Crippen LogP contribution in [0.4, 0.5) is 0 Å². The number of nitrogens with one attached hydrogen (secondary N) is 1. The van der Waals surface area contributed by atoms with Crippen LogP contribution in [0.25, 0.3) is 0 Å². The lowest BCUT2D eigenvalue weighted by molar-refractivity contribution is 0.0523. The van der Waals surface area contributed by atoms with Crippen molar-refractivity contribution in [3.63, 3.8) is 0 Å². The first-order valence-corrected chi connectivity index (χ1v) is 5.75. The van der Waals surface area contributed by atoms with Crippen LogP contribution in [-0.2, 0) is 4.74 Å². The second-order valence-corrected chi connectivity index (χ2v) is 4.27. The Bertz CT molecular complexity index is 445. The summed E-state index contributed by atoms with van der Waals surface area (Å²) >= 11 is 1.39. The Hall–Kier alpha value is -1.49. The van der Waals surface area contributed by atoms with Crippen LogP contribution >= 0.6 is 11.8 Å². The van der Waals surface area contributed by atoms with E-state index in [0.29, 0.717) is 5.56 Å². The van der Waals surface area contributed by atoms with Crippen molar-refractivity contribution in [3.05, 3.63) is 35.4 Å². The lowest BCUT2D eigenvalue weighted by Gasteiger charge is -2.11. The predicted molar refractivity (Wildman–Crippen MR) is 64.6 cm³/mol. The number of nitrogens with zero attached hydrogens (tertiary/aromatic N) is 1. The summed E-state index contributed by atoms with van der Waals surface area (Å²) in [6, 6.07) is 7.41. The van der Waals surface area contributed by atoms with Gasteiger partial charge in [-0.2, -0.15) is 0 Å². The highest BCUT2D eigenvalue weighted by Crippen LogP contribution is 2.38. The van der Waals surface area contributed by atoms with Crippen LogP contribution in [0.1, 0.15) is 21.4 Å². The van der Waals surface area contributed by atoms with E-state index >= 15 is 0 Å². The van der Waals surface area contributed by atoms with Gasteiger partial charge in [0, 0.05) is 19.7 Å². The Kier molecular flexibility index (Phi) is 3.14. The summed E-state index contributed by atoms with van der Waals surface area (Å²) in [7, 11) is 3.49. The minimum absolute atomic E-state index is 0.264. The summed E-state index contributed by atoms with van der Waals surface area (Å²) in [6.07, 6.45) is 0. The Balaban J connectivity index is 2.24. The molecule has 1 aromatic carbocycles. The van der Waals surface area contributed by atoms with Crippen molar-refractivity contribution in [2.75, 3.05) is 14.1 Å². The molecule has 1 heterocycles. The van der Waals surface area contributed by atoms with Crippen LogP contribution in [0.15, 0.2) is 29.3 Å². The Morgan fingerprint density at radius 2 is 2.25 bits per heavy atom. The third-order valence-corrected chi connectivity index (χ3v) is 3.46. The van der Waals surface area contributed by atoms with E-state index in [9.17, 15) is 4.79 Å². The number of hydrogen-bond donors (Lipinski definition) is 1. The molecule has 0 saturated carbocycles. The van der Waals surface area contributed by atoms with Crippen LogP contribution < -0.4 is 5.32 Å². The maximum absolute atomic E-state index is 11.5. The Morgan fingerprint density at radius 3 is 2.94 bits per heavy atom. The molecule has 1 aliphatic rings. The number of thioether (sulfide) groups is 1. The molecule has 0 aromatic heterocycles. The third-order valence-electron chi connectivity index (χ3n) is 2.28. The fourth-order valence-corrected chi connectivity index (χ4v) is 2.42. The first-order chi connectivity index (χ1) is 7.76. The number of carbonyl (C=O) groups excluding carboxylic acids is 1. The maximum Gasteiger partial charge on any atom is 0.340 e. The van der Waals surface area contributed by atoms with E-state index < -0.39 is 0 Å². The van der Waals surface area contributed by atoms with E-state index in [4.69, 9.17) is 4.74 Å². The summed E-state index contributed by atoms with van der Waals surface area (Å²) < 4.78 is 5.27. The average Bonchev–Trinajstić information content (AvgIpc) is 2.64. The van der Waals surface area contributed by atoms with Crippen molar-refractivity contribution in [3.8, 4) is 0 Å². The molecule has 1 aromatic rings. The summed E-state index contributed by atoms with van der Waals surface area (Å²) in [5.74, 6) is -0.264. The van der Waals surface area contributed by atoms with Gasteiger partial charge >= 0.3 is 5.97 Å². The quantitative estimate of drug-likeness (QED) is 0.351. The minimum Gasteiger partial charge on any atom is -0.442 e. The van der Waals surface area contributed by atoms with E-state index in [1.54, 1.807) is 20.2 Å². The van der Waals surface area contributed by atoms with Gasteiger partial charge in [-0.25, -0.2) is 4.79 Å². The summed E-state index contributed by atoms with van der Waals surface area (Å²) in [6.45, 7) is 0. The number of ether oxygens (including phenoxy) is 1. The van der Waals surface area contributed by atoms with Gasteiger partial charge < -0.3 is 10.1 Å². The standard InChI is InChI=1S/C11H12N2O2S/c1-12-11(13-2)16-10-8-6-4-3-5-7(8)9(14)15-10/h3-6,10H,1-2H3,(H,12,13)/i14+2. The smallest absolute Gasteiger partial charge is 0.340 e. The second kappa shape index (κ2) is 4.57. The molecule has 1 aliphatic heterocycles. The van der Waals surface area contributed by atoms with Crippen molar-refractivity contribution in [1.82, 2.24) is 5.32 Å². The fraction of sp³-hybridized carbons (Fsp3) is 0.273. The van der Waals surface area contributed by atoms with Crippen molar-refractivity contribution < 1.29 is 9.53 Å². The molecule has 0 aliphatic carbocycles. The van der Waals surface area contributed by atoms with Gasteiger partial charge in [0.1, 0.15) is 0 Å². The van der Waals surface area contributed by atoms with Gasteiger partial charge in [0.25, 0.3) is 0 Å². The number of benzene rings is 1. The van der Waals surface area contributed by atoms with Gasteiger partial charge in [-0.3, -0.25) is 4.99 Å². The fourth-order valence-electron chi connectivity index (χ4n) is 1.52. The van der Waals surface area contributed by atoms with Gasteiger partial charge in [-0.1, -0.05) is 18.2 Å². The molecule has 16 heavy (non-hydrogen) atoms. The Morgan fingerprint density at radius 1 is 1.50 bits per heavy atom. The molecule has 2 rings (SSSR count). The van der Waals surface area contributed by atoms with Gasteiger partial charge in [-0.05, 0) is 17.8 Å². The molecule has 0 amide bonds. The van der Waals surface area contributed by atoms with Gasteiger partial charge in [0.05, 0.1) is 5.56 Å². The molecule has 1 N–H and O–H groups in total. The third kappa shape index (κ3) is 1.90. The normalized spacial score (nSPS) is 19.2. The zero-order chi connectivity index (χ0) is 11.5. The highest BCUT2D eigenvalue weighted by Gasteiger charge is 2.31. The van der Waals surface area contributed by atoms with E-state index in [0.717, 1.165) is 10.7 Å². The van der Waals surface area contributed by atoms with Crippen LogP contribution in [0, 0.1) is 0 Å². The van der Waals surface area contributed by atoms with Gasteiger partial charge in [0.2, 0.25) is 0 Å². The SMILES string of the molecule is CN=C(NC)SC1OC(=[18O])c2ccccc21. The van der Waals surface area contributed by atoms with Crippen molar-refractivity contribution in [1.29, 1.82) is 0 Å². The molecule has 0 bridgehead atoms. The van der Waals surface area contributed by atoms with E-state index in [-0.39, 0.29) is 11.4 Å². The zero-order valence-electron chi connectivity index (χ0n) is 9.06. The summed E-state index contributed by atoms with van der Waals surface area (Å²) in [4.78, 5) is 15.6. The molecule has 0 radical (unpaired) electrons. The van der Waals surface area contributed by atoms with Crippen LogP contribution in [0.2, 0.25) is 0 Å². The first-order valence-electron chi connectivity index (χ1n) is 4.87. The number of fused-ring (bicyclic) bond motifs is 1. The lowest BCUT2D eigenvalue weighted by Crippen LogP contribution is -2.15. The van der Waals surface area contributed by atoms with Crippen LogP contribution in [0.5, 0.6) is 0 Å². The molecule has 0 fully saturated rings. The van der Waals surface area contributed by atoms with Crippen molar-refractivity contribution in [2.45, 2.75) is 5.44 Å². The number of aliphatic imine (C=N–C) groups is 1.